The minimum atomic E-state index is -0.797. The van der Waals surface area contributed by atoms with E-state index < -0.39 is 22.6 Å². The fourth-order valence-corrected chi connectivity index (χ4v) is 10.8. The van der Waals surface area contributed by atoms with Gasteiger partial charge in [-0.25, -0.2) is 0 Å². The third-order valence-corrected chi connectivity index (χ3v) is 12.3. The molecule has 1 N–H and O–H groups in total. The van der Waals surface area contributed by atoms with Gasteiger partial charge in [-0.15, -0.1) is 24.9 Å². The highest BCUT2D eigenvalue weighted by atomic mass is 79.9. The molecule has 7 nitrogen and oxygen atoms in total. The molecule has 3 aliphatic rings. The molecular formula is C33H37BrClN3O4S. The van der Waals surface area contributed by atoms with Gasteiger partial charge in [-0.1, -0.05) is 82.1 Å². The molecule has 1 spiro atoms. The minimum Gasteiger partial charge on any atom is -0.396 e. The second kappa shape index (κ2) is 13.6. The van der Waals surface area contributed by atoms with Crippen LogP contribution in [0.5, 0.6) is 0 Å². The van der Waals surface area contributed by atoms with Gasteiger partial charge in [-0.2, -0.15) is 0 Å². The summed E-state index contributed by atoms with van der Waals surface area (Å²) in [6, 6.07) is 16.1. The van der Waals surface area contributed by atoms with Crippen molar-refractivity contribution in [2.75, 3.05) is 31.1 Å². The molecule has 3 amide bonds. The van der Waals surface area contributed by atoms with Gasteiger partial charge < -0.3 is 19.8 Å². The van der Waals surface area contributed by atoms with Crippen molar-refractivity contribution in [3.63, 3.8) is 0 Å². The number of carbonyl (C=O) groups is 3. The molecule has 3 saturated heterocycles. The molecule has 3 heterocycles. The normalized spacial score (nSPS) is 27.2. The molecule has 6 atom stereocenters. The van der Waals surface area contributed by atoms with Gasteiger partial charge in [0.1, 0.15) is 6.04 Å². The molecule has 228 valence electrons. The number of carbonyl (C=O) groups excluding carboxylic acids is 3. The lowest BCUT2D eigenvalue weighted by Crippen LogP contribution is -2.56. The maximum Gasteiger partial charge on any atom is 0.251 e. The second-order valence-corrected chi connectivity index (χ2v) is 14.4. The molecule has 2 bridgehead atoms. The van der Waals surface area contributed by atoms with Gasteiger partial charge in [0.25, 0.3) is 5.91 Å². The number of para-hydroxylation sites is 1. The Balaban J connectivity index is 1.55. The third-order valence-electron chi connectivity index (χ3n) is 8.71. The van der Waals surface area contributed by atoms with E-state index in [0.717, 1.165) is 5.56 Å². The number of hydrogen-bond acceptors (Lipinski definition) is 5. The van der Waals surface area contributed by atoms with Crippen molar-refractivity contribution >= 4 is 62.7 Å². The van der Waals surface area contributed by atoms with E-state index in [1.807, 2.05) is 42.5 Å². The van der Waals surface area contributed by atoms with Crippen LogP contribution in [0.15, 0.2) is 79.9 Å². The number of aliphatic hydroxyl groups is 1. The van der Waals surface area contributed by atoms with E-state index in [1.165, 1.54) is 0 Å². The van der Waals surface area contributed by atoms with Crippen molar-refractivity contribution in [2.45, 2.75) is 46.7 Å². The number of unbranched alkanes of at least 4 members (excludes halogenated alkanes) is 1. The number of fused-ring (bicyclic) bond motifs is 1. The van der Waals surface area contributed by atoms with E-state index in [-0.39, 0.29) is 41.0 Å². The summed E-state index contributed by atoms with van der Waals surface area (Å²) in [5.41, 5.74) is 1.55. The number of halogens is 2. The van der Waals surface area contributed by atoms with Gasteiger partial charge >= 0.3 is 0 Å². The maximum absolute atomic E-state index is 14.7. The standard InChI is InChI=1S/C33H37BrClN3O4S/c1-3-16-36(21-22-12-6-5-7-13-22)30(40)26-27-31(41)38(18-10-11-19-39)29(33(27)20-23(34)28(26)43-33)32(42)37(17-4-2)25-15-9-8-14-24(25)35/h3-9,12-15,23,26-29,39H,1-2,10-11,16-21H2/t23?,26-,27-,28-,29?,33?/m0/s1. The summed E-state index contributed by atoms with van der Waals surface area (Å²) in [5, 5.41) is 9.76. The molecule has 0 aliphatic carbocycles. The largest absolute Gasteiger partial charge is 0.396 e. The van der Waals surface area contributed by atoms with Crippen LogP contribution in [0.25, 0.3) is 0 Å². The van der Waals surface area contributed by atoms with Crippen LogP contribution in [0.3, 0.4) is 0 Å². The Morgan fingerprint density at radius 3 is 2.44 bits per heavy atom. The van der Waals surface area contributed by atoms with Crippen molar-refractivity contribution in [1.29, 1.82) is 0 Å². The number of anilines is 1. The van der Waals surface area contributed by atoms with Crippen LogP contribution in [0.4, 0.5) is 5.69 Å². The van der Waals surface area contributed by atoms with Crippen LogP contribution in [-0.4, -0.2) is 79.7 Å². The number of benzene rings is 2. The van der Waals surface area contributed by atoms with Gasteiger partial charge in [-0.05, 0) is 37.0 Å². The summed E-state index contributed by atoms with van der Waals surface area (Å²) in [5.74, 6) is -1.73. The fraction of sp³-hybridized carbons (Fsp3) is 0.424. The maximum atomic E-state index is 14.7. The van der Waals surface area contributed by atoms with E-state index in [0.29, 0.717) is 49.6 Å². The van der Waals surface area contributed by atoms with Crippen LogP contribution >= 0.6 is 39.3 Å². The Morgan fingerprint density at radius 1 is 1.07 bits per heavy atom. The number of likely N-dealkylation sites (tertiary alicyclic amines) is 1. The number of hydrogen-bond donors (Lipinski definition) is 1. The molecule has 0 aromatic heterocycles. The molecule has 3 aliphatic heterocycles. The number of alkyl halides is 1. The van der Waals surface area contributed by atoms with Crippen molar-refractivity contribution in [3.8, 4) is 0 Å². The average Bonchev–Trinajstić information content (AvgIpc) is 3.59. The zero-order chi connectivity index (χ0) is 30.7. The van der Waals surface area contributed by atoms with Gasteiger partial charge in [0, 0.05) is 42.9 Å². The average molecular weight is 687 g/mol. The molecule has 0 saturated carbocycles. The SMILES string of the molecule is C=CCN(Cc1ccccc1)C(=O)[C@H]1[C@H]2C(=O)N(CCCCO)C(C(=O)N(CC=C)c3ccccc3Cl)C23CC(Br)[C@@H]1S3. The fourth-order valence-electron chi connectivity index (χ4n) is 6.98. The monoisotopic (exact) mass is 685 g/mol. The highest BCUT2D eigenvalue weighted by molar-refractivity contribution is 9.09. The predicted octanol–water partition coefficient (Wildman–Crippen LogP) is 5.31. The van der Waals surface area contributed by atoms with Gasteiger partial charge in [0.15, 0.2) is 0 Å². The summed E-state index contributed by atoms with van der Waals surface area (Å²) in [6.07, 6.45) is 5.00. The Bertz CT molecular complexity index is 1380. The molecule has 2 aromatic carbocycles. The number of nitrogens with zero attached hydrogens (tertiary/aromatic N) is 3. The van der Waals surface area contributed by atoms with E-state index >= 15 is 0 Å². The van der Waals surface area contributed by atoms with E-state index in [4.69, 9.17) is 11.6 Å². The van der Waals surface area contributed by atoms with Crippen molar-refractivity contribution in [3.05, 3.63) is 90.5 Å². The highest BCUT2D eigenvalue weighted by Crippen LogP contribution is 2.68. The molecule has 43 heavy (non-hydrogen) atoms. The first-order valence-electron chi connectivity index (χ1n) is 14.6. The number of thioether (sulfide) groups is 1. The van der Waals surface area contributed by atoms with Gasteiger partial charge in [0.05, 0.1) is 27.3 Å². The van der Waals surface area contributed by atoms with Crippen molar-refractivity contribution < 1.29 is 19.5 Å². The van der Waals surface area contributed by atoms with Crippen molar-refractivity contribution in [2.24, 2.45) is 11.8 Å². The Labute approximate surface area is 271 Å². The lowest BCUT2D eigenvalue weighted by atomic mass is 9.70. The topological polar surface area (TPSA) is 81.2 Å². The van der Waals surface area contributed by atoms with E-state index in [9.17, 15) is 19.5 Å². The highest BCUT2D eigenvalue weighted by Gasteiger charge is 2.76. The quantitative estimate of drug-likeness (QED) is 0.176. The zero-order valence-electron chi connectivity index (χ0n) is 24.0. The molecule has 2 aromatic rings. The Morgan fingerprint density at radius 2 is 1.77 bits per heavy atom. The van der Waals surface area contributed by atoms with Crippen LogP contribution in [0.1, 0.15) is 24.8 Å². The third kappa shape index (κ3) is 5.81. The number of rotatable bonds is 13. The summed E-state index contributed by atoms with van der Waals surface area (Å²) < 4.78 is -0.792. The number of aliphatic hydroxyl groups excluding tert-OH is 1. The summed E-state index contributed by atoms with van der Waals surface area (Å²) >= 11 is 12.0. The second-order valence-electron chi connectivity index (χ2n) is 11.3. The Kier molecular flexibility index (Phi) is 10.1. The summed E-state index contributed by atoms with van der Waals surface area (Å²) in [4.78, 5) is 48.6. The summed E-state index contributed by atoms with van der Waals surface area (Å²) in [6.45, 7) is 9.05. The first-order chi connectivity index (χ1) is 20.8. The molecule has 5 rings (SSSR count). The number of amides is 3. The van der Waals surface area contributed by atoms with Gasteiger partial charge in [-0.3, -0.25) is 14.4 Å². The predicted molar refractivity (Wildman–Crippen MR) is 176 cm³/mol. The van der Waals surface area contributed by atoms with Crippen LogP contribution in [-0.2, 0) is 20.9 Å². The summed E-state index contributed by atoms with van der Waals surface area (Å²) in [7, 11) is 0. The van der Waals surface area contributed by atoms with Crippen molar-refractivity contribution in [1.82, 2.24) is 9.80 Å². The smallest absolute Gasteiger partial charge is 0.251 e. The lowest BCUT2D eigenvalue weighted by molar-refractivity contribution is -0.144. The van der Waals surface area contributed by atoms with Gasteiger partial charge in [0.2, 0.25) is 11.8 Å². The molecule has 3 unspecified atom stereocenters. The van der Waals surface area contributed by atoms with E-state index in [1.54, 1.807) is 50.7 Å². The zero-order valence-corrected chi connectivity index (χ0v) is 27.1. The molecule has 0 radical (unpaired) electrons. The van der Waals surface area contributed by atoms with E-state index in [2.05, 4.69) is 29.1 Å². The minimum absolute atomic E-state index is 0.00512. The molecule has 3 fully saturated rings. The van der Waals surface area contributed by atoms with Crippen LogP contribution < -0.4 is 4.90 Å². The molecule has 10 heteroatoms. The Hall–Kier alpha value is -2.59. The first-order valence-corrected chi connectivity index (χ1v) is 16.8. The van der Waals surface area contributed by atoms with Crippen LogP contribution in [0.2, 0.25) is 5.02 Å². The van der Waals surface area contributed by atoms with Crippen LogP contribution in [0, 0.1) is 11.8 Å². The lowest BCUT2D eigenvalue weighted by Gasteiger charge is -2.38. The molecular weight excluding hydrogens is 650 g/mol. The first kappa shape index (κ1) is 31.8.